The maximum atomic E-state index is 12.1. The van der Waals surface area contributed by atoms with Crippen LogP contribution in [0.2, 0.25) is 23.2 Å². The van der Waals surface area contributed by atoms with Gasteiger partial charge in [0.2, 0.25) is 0 Å². The highest BCUT2D eigenvalue weighted by Gasteiger charge is 2.37. The van der Waals surface area contributed by atoms with Crippen LogP contribution in [0.5, 0.6) is 17.2 Å². The Morgan fingerprint density at radius 3 is 2.38 bits per heavy atom. The summed E-state index contributed by atoms with van der Waals surface area (Å²) in [6.07, 6.45) is 1.85. The summed E-state index contributed by atoms with van der Waals surface area (Å²) in [5, 5.41) is 11.7. The Balaban J connectivity index is 1.15. The molecule has 6 rings (SSSR count). The molecule has 0 radical (unpaired) electrons. The lowest BCUT2D eigenvalue weighted by Crippen LogP contribution is -2.46. The molecule has 0 aliphatic carbocycles. The SMILES string of the molecule is CC(C)(C)[Si](C)(C)OCCOc1ccc(-c2ccc(Cl)cc2)c(CN2CCN(c3ccc(C(=O)O)c(Oc4cccc5[nH]ccc45)c3)CC2)c1. The van der Waals surface area contributed by atoms with Crippen LogP contribution in [-0.2, 0) is 11.0 Å². The van der Waals surface area contributed by atoms with Crippen molar-refractivity contribution in [2.24, 2.45) is 0 Å². The smallest absolute Gasteiger partial charge is 0.339 e. The third-order valence-corrected chi connectivity index (χ3v) is 14.7. The van der Waals surface area contributed by atoms with Crippen LogP contribution in [0.3, 0.4) is 0 Å². The fourth-order valence-electron chi connectivity index (χ4n) is 6.01. The molecule has 1 saturated heterocycles. The standard InChI is InChI=1S/C40H46ClN3O5Si/c1-40(2,3)50(4,5)48-24-23-47-32-14-16-33(28-9-11-30(41)12-10-28)29(25-32)27-43-19-21-44(22-20-43)31-13-15-35(39(45)46)38(26-31)49-37-8-6-7-36-34(37)17-18-42-36/h6-18,25-26,42H,19-24,27H2,1-5H3,(H,45,46). The van der Waals surface area contributed by atoms with Gasteiger partial charge < -0.3 is 28.9 Å². The zero-order chi connectivity index (χ0) is 35.5. The van der Waals surface area contributed by atoms with Crippen LogP contribution >= 0.6 is 11.6 Å². The summed E-state index contributed by atoms with van der Waals surface area (Å²) in [7, 11) is -1.84. The second-order valence-electron chi connectivity index (χ2n) is 14.3. The number of ether oxygens (including phenoxy) is 2. The topological polar surface area (TPSA) is 87.3 Å². The fraction of sp³-hybridized carbons (Fsp3) is 0.325. The first-order chi connectivity index (χ1) is 23.9. The van der Waals surface area contributed by atoms with Crippen molar-refractivity contribution in [2.75, 3.05) is 44.3 Å². The molecule has 4 aromatic carbocycles. The van der Waals surface area contributed by atoms with Gasteiger partial charge in [0.1, 0.15) is 29.4 Å². The molecule has 8 nitrogen and oxygen atoms in total. The highest BCUT2D eigenvalue weighted by molar-refractivity contribution is 6.74. The summed E-state index contributed by atoms with van der Waals surface area (Å²) in [5.74, 6) is 0.740. The van der Waals surface area contributed by atoms with Crippen LogP contribution in [0.1, 0.15) is 36.7 Å². The Kier molecular flexibility index (Phi) is 10.6. The molecule has 1 aliphatic rings. The van der Waals surface area contributed by atoms with Crippen LogP contribution in [-0.4, -0.2) is 68.7 Å². The number of rotatable bonds is 12. The van der Waals surface area contributed by atoms with Gasteiger partial charge in [0.25, 0.3) is 0 Å². The lowest BCUT2D eigenvalue weighted by atomic mass is 9.98. The lowest BCUT2D eigenvalue weighted by Gasteiger charge is -2.36. The number of nitrogens with one attached hydrogen (secondary N) is 1. The zero-order valence-electron chi connectivity index (χ0n) is 29.5. The number of fused-ring (bicyclic) bond motifs is 1. The summed E-state index contributed by atoms with van der Waals surface area (Å²) in [4.78, 5) is 20.0. The Hall–Kier alpha value is -4.28. The molecule has 0 spiro atoms. The number of benzene rings is 4. The van der Waals surface area contributed by atoms with E-state index in [9.17, 15) is 9.90 Å². The van der Waals surface area contributed by atoms with Gasteiger partial charge in [-0.2, -0.15) is 0 Å². The van der Waals surface area contributed by atoms with Crippen molar-refractivity contribution in [2.45, 2.75) is 45.4 Å². The van der Waals surface area contributed by atoms with Crippen LogP contribution in [0, 0.1) is 0 Å². The number of nitrogens with zero attached hydrogens (tertiary/aromatic N) is 2. The number of H-pyrrole nitrogens is 1. The van der Waals surface area contributed by atoms with Crippen molar-refractivity contribution in [3.8, 4) is 28.4 Å². The number of piperazine rings is 1. The highest BCUT2D eigenvalue weighted by Crippen LogP contribution is 2.37. The van der Waals surface area contributed by atoms with Crippen LogP contribution in [0.4, 0.5) is 5.69 Å². The van der Waals surface area contributed by atoms with Crippen molar-refractivity contribution in [3.05, 3.63) is 107 Å². The van der Waals surface area contributed by atoms with E-state index < -0.39 is 14.3 Å². The van der Waals surface area contributed by atoms with Gasteiger partial charge in [0, 0.05) is 66.6 Å². The van der Waals surface area contributed by atoms with Gasteiger partial charge in [0.15, 0.2) is 8.32 Å². The molecule has 0 bridgehead atoms. The average Bonchev–Trinajstić information content (AvgIpc) is 3.57. The maximum Gasteiger partial charge on any atom is 0.339 e. The first-order valence-electron chi connectivity index (χ1n) is 17.1. The van der Waals surface area contributed by atoms with Gasteiger partial charge in [0.05, 0.1) is 6.61 Å². The molecule has 1 fully saturated rings. The number of aromatic carboxylic acids is 1. The van der Waals surface area contributed by atoms with E-state index in [1.807, 2.05) is 60.8 Å². The third-order valence-electron chi connectivity index (χ3n) is 9.95. The van der Waals surface area contributed by atoms with Gasteiger partial charge in [-0.3, -0.25) is 4.90 Å². The molecule has 1 aromatic heterocycles. The molecule has 10 heteroatoms. The van der Waals surface area contributed by atoms with Gasteiger partial charge in [-0.15, -0.1) is 0 Å². The molecule has 5 aromatic rings. The number of anilines is 1. The van der Waals surface area contributed by atoms with E-state index >= 15 is 0 Å². The van der Waals surface area contributed by atoms with Gasteiger partial charge in [-0.25, -0.2) is 4.79 Å². The predicted molar refractivity (Wildman–Crippen MR) is 205 cm³/mol. The Bertz CT molecular complexity index is 1950. The minimum atomic E-state index is -1.84. The summed E-state index contributed by atoms with van der Waals surface area (Å²) in [6, 6.07) is 27.3. The summed E-state index contributed by atoms with van der Waals surface area (Å²) in [5.41, 5.74) is 5.43. The van der Waals surface area contributed by atoms with E-state index in [1.54, 1.807) is 6.07 Å². The van der Waals surface area contributed by atoms with Gasteiger partial charge >= 0.3 is 5.97 Å². The molecular weight excluding hydrogens is 666 g/mol. The average molecular weight is 712 g/mol. The summed E-state index contributed by atoms with van der Waals surface area (Å²) in [6.45, 7) is 16.3. The number of halogens is 1. The second-order valence-corrected chi connectivity index (χ2v) is 19.6. The zero-order valence-corrected chi connectivity index (χ0v) is 31.2. The molecule has 2 heterocycles. The monoisotopic (exact) mass is 711 g/mol. The summed E-state index contributed by atoms with van der Waals surface area (Å²) >= 11 is 6.23. The lowest BCUT2D eigenvalue weighted by molar-refractivity contribution is 0.0694. The normalized spacial score (nSPS) is 14.2. The fourth-order valence-corrected chi connectivity index (χ4v) is 7.17. The van der Waals surface area contributed by atoms with E-state index in [0.29, 0.717) is 29.7 Å². The van der Waals surface area contributed by atoms with E-state index in [1.165, 1.54) is 5.56 Å². The number of hydrogen-bond donors (Lipinski definition) is 2. The third kappa shape index (κ3) is 8.19. The minimum absolute atomic E-state index is 0.128. The van der Waals surface area contributed by atoms with Crippen molar-refractivity contribution in [1.82, 2.24) is 9.88 Å². The number of carboxylic acid groups (broad SMARTS) is 1. The molecule has 50 heavy (non-hydrogen) atoms. The van der Waals surface area contributed by atoms with Crippen LogP contribution < -0.4 is 14.4 Å². The number of hydrogen-bond acceptors (Lipinski definition) is 6. The van der Waals surface area contributed by atoms with Crippen molar-refractivity contribution in [3.63, 3.8) is 0 Å². The number of carbonyl (C=O) groups is 1. The maximum absolute atomic E-state index is 12.1. The van der Waals surface area contributed by atoms with Crippen LogP contribution in [0.15, 0.2) is 91.1 Å². The molecule has 0 saturated carbocycles. The van der Waals surface area contributed by atoms with E-state index in [-0.39, 0.29) is 10.6 Å². The largest absolute Gasteiger partial charge is 0.491 e. The highest BCUT2D eigenvalue weighted by atomic mass is 35.5. The number of aromatic amines is 1. The molecule has 2 N–H and O–H groups in total. The predicted octanol–water partition coefficient (Wildman–Crippen LogP) is 9.70. The molecule has 0 unspecified atom stereocenters. The Labute approximate surface area is 300 Å². The quantitative estimate of drug-likeness (QED) is 0.0984. The first-order valence-corrected chi connectivity index (χ1v) is 20.4. The first kappa shape index (κ1) is 35.5. The Morgan fingerprint density at radius 2 is 1.66 bits per heavy atom. The van der Waals surface area contributed by atoms with Crippen molar-refractivity contribution in [1.29, 1.82) is 0 Å². The van der Waals surface area contributed by atoms with E-state index in [2.05, 4.69) is 72.9 Å². The van der Waals surface area contributed by atoms with Crippen molar-refractivity contribution < 1.29 is 23.8 Å². The van der Waals surface area contributed by atoms with Crippen LogP contribution in [0.25, 0.3) is 22.0 Å². The summed E-state index contributed by atoms with van der Waals surface area (Å²) < 4.78 is 18.8. The minimum Gasteiger partial charge on any atom is -0.491 e. The Morgan fingerprint density at radius 1 is 0.900 bits per heavy atom. The second kappa shape index (κ2) is 14.9. The van der Waals surface area contributed by atoms with E-state index in [4.69, 9.17) is 25.5 Å². The molecule has 1 aliphatic heterocycles. The van der Waals surface area contributed by atoms with Gasteiger partial charge in [-0.05, 0) is 89.4 Å². The number of aromatic nitrogens is 1. The molecule has 0 amide bonds. The molecule has 262 valence electrons. The number of carboxylic acids is 1. The van der Waals surface area contributed by atoms with Crippen molar-refractivity contribution >= 4 is 42.5 Å². The molecular formula is C40H46ClN3O5Si. The van der Waals surface area contributed by atoms with E-state index in [0.717, 1.165) is 66.2 Å². The van der Waals surface area contributed by atoms with Gasteiger partial charge in [-0.1, -0.05) is 56.6 Å². The molecule has 0 atom stereocenters.